The highest BCUT2D eigenvalue weighted by atomic mass is 32.2. The molecular weight excluding hydrogens is 256 g/mol. The molecule has 94 valence electrons. The van der Waals surface area contributed by atoms with E-state index in [1.807, 2.05) is 0 Å². The van der Waals surface area contributed by atoms with Gasteiger partial charge < -0.3 is 0 Å². The number of alkyl halides is 2. The Labute approximate surface area is 100 Å². The Morgan fingerprint density at radius 1 is 1.35 bits per heavy atom. The minimum atomic E-state index is -3.69. The van der Waals surface area contributed by atoms with E-state index in [2.05, 4.69) is 0 Å². The maximum absolute atomic E-state index is 13.3. The number of thioether (sulfide) groups is 1. The molecule has 0 radical (unpaired) electrons. The molecule has 6 heteroatoms. The van der Waals surface area contributed by atoms with E-state index in [1.165, 1.54) is 0 Å². The third-order valence-electron chi connectivity index (χ3n) is 1.93. The molecule has 0 spiro atoms. The van der Waals surface area contributed by atoms with Gasteiger partial charge in [-0.3, -0.25) is 4.79 Å². The zero-order valence-electron chi connectivity index (χ0n) is 8.97. The van der Waals surface area contributed by atoms with E-state index in [-0.39, 0.29) is 17.5 Å². The van der Waals surface area contributed by atoms with Crippen LogP contribution >= 0.6 is 11.8 Å². The lowest BCUT2D eigenvalue weighted by Crippen LogP contribution is -2.26. The van der Waals surface area contributed by atoms with Crippen molar-refractivity contribution in [3.63, 3.8) is 0 Å². The van der Waals surface area contributed by atoms with Gasteiger partial charge in [0, 0.05) is 6.07 Å². The highest BCUT2D eigenvalue weighted by molar-refractivity contribution is 8.01. The van der Waals surface area contributed by atoms with E-state index in [0.717, 1.165) is 12.1 Å². The first kappa shape index (κ1) is 14.0. The summed E-state index contributed by atoms with van der Waals surface area (Å²) in [6.07, 6.45) is 0.472. The standard InChI is InChI=1S/C11H10F4OS/c1-2-5-17-11(14,15)10(16)8-4-3-7(12)6-9(8)13/h3-4,6H,2,5H2,1H3. The molecule has 0 atom stereocenters. The summed E-state index contributed by atoms with van der Waals surface area (Å²) >= 11 is 0.151. The quantitative estimate of drug-likeness (QED) is 0.594. The van der Waals surface area contributed by atoms with Crippen molar-refractivity contribution in [2.24, 2.45) is 0 Å². The molecule has 0 N–H and O–H groups in total. The molecule has 0 heterocycles. The average Bonchev–Trinajstić information content (AvgIpc) is 2.25. The zero-order valence-corrected chi connectivity index (χ0v) is 9.79. The van der Waals surface area contributed by atoms with Gasteiger partial charge in [0.15, 0.2) is 0 Å². The molecule has 0 amide bonds. The molecule has 0 unspecified atom stereocenters. The number of halogens is 4. The lowest BCUT2D eigenvalue weighted by molar-refractivity contribution is 0.0562. The number of carbonyl (C=O) groups is 1. The third-order valence-corrected chi connectivity index (χ3v) is 3.09. The molecule has 0 aliphatic heterocycles. The number of Topliss-reactive ketones (excluding diaryl/α,β-unsaturated/α-hetero) is 1. The van der Waals surface area contributed by atoms with Gasteiger partial charge in [0.1, 0.15) is 11.6 Å². The molecule has 0 bridgehead atoms. The maximum atomic E-state index is 13.3. The molecule has 1 rings (SSSR count). The first-order valence-corrected chi connectivity index (χ1v) is 5.88. The summed E-state index contributed by atoms with van der Waals surface area (Å²) in [5, 5.41) is -3.69. The van der Waals surface area contributed by atoms with Gasteiger partial charge >= 0.3 is 5.25 Å². The predicted octanol–water partition coefficient (Wildman–Crippen LogP) is 3.88. The van der Waals surface area contributed by atoms with E-state index in [0.29, 0.717) is 12.5 Å². The molecular formula is C11H10F4OS. The van der Waals surface area contributed by atoms with Crippen molar-refractivity contribution in [3.8, 4) is 0 Å². The van der Waals surface area contributed by atoms with Gasteiger partial charge in [-0.25, -0.2) is 8.78 Å². The van der Waals surface area contributed by atoms with E-state index in [4.69, 9.17) is 0 Å². The SMILES string of the molecule is CCCSC(F)(F)C(=O)c1ccc(F)cc1F. The van der Waals surface area contributed by atoms with E-state index >= 15 is 0 Å². The van der Waals surface area contributed by atoms with Crippen molar-refractivity contribution in [2.75, 3.05) is 5.75 Å². The van der Waals surface area contributed by atoms with Gasteiger partial charge in [-0.1, -0.05) is 18.7 Å². The summed E-state index contributed by atoms with van der Waals surface area (Å²) < 4.78 is 52.4. The van der Waals surface area contributed by atoms with Gasteiger partial charge in [0.2, 0.25) is 5.78 Å². The number of hydrogen-bond donors (Lipinski definition) is 0. The molecule has 0 aliphatic rings. The Balaban J connectivity index is 2.95. The summed E-state index contributed by atoms with van der Waals surface area (Å²) in [6, 6.07) is 1.91. The highest BCUT2D eigenvalue weighted by Gasteiger charge is 2.40. The van der Waals surface area contributed by atoms with Crippen molar-refractivity contribution in [1.29, 1.82) is 0 Å². The number of rotatable bonds is 5. The molecule has 0 fully saturated rings. The Morgan fingerprint density at radius 2 is 2.00 bits per heavy atom. The highest BCUT2D eigenvalue weighted by Crippen LogP contribution is 2.33. The van der Waals surface area contributed by atoms with Gasteiger partial charge in [-0.05, 0) is 24.3 Å². The van der Waals surface area contributed by atoms with Crippen LogP contribution in [0.15, 0.2) is 18.2 Å². The number of ketones is 1. The Bertz CT molecular complexity index is 420. The van der Waals surface area contributed by atoms with Crippen LogP contribution in [-0.2, 0) is 0 Å². The van der Waals surface area contributed by atoms with Crippen LogP contribution in [-0.4, -0.2) is 16.8 Å². The fourth-order valence-corrected chi connectivity index (χ4v) is 1.83. The van der Waals surface area contributed by atoms with Crippen LogP contribution in [0.1, 0.15) is 23.7 Å². The topological polar surface area (TPSA) is 17.1 Å². The number of carbonyl (C=O) groups excluding carboxylic acids is 1. The average molecular weight is 266 g/mol. The van der Waals surface area contributed by atoms with Gasteiger partial charge in [0.25, 0.3) is 0 Å². The Hall–Kier alpha value is -1.04. The first-order chi connectivity index (χ1) is 7.88. The normalized spacial score (nSPS) is 11.6. The van der Waals surface area contributed by atoms with Crippen LogP contribution in [0, 0.1) is 11.6 Å². The van der Waals surface area contributed by atoms with Gasteiger partial charge in [0.05, 0.1) is 5.56 Å². The summed E-state index contributed by atoms with van der Waals surface area (Å²) in [5.41, 5.74) is -0.792. The van der Waals surface area contributed by atoms with Crippen LogP contribution in [0.25, 0.3) is 0 Å². The predicted molar refractivity (Wildman–Crippen MR) is 58.4 cm³/mol. The fraction of sp³-hybridized carbons (Fsp3) is 0.364. The lowest BCUT2D eigenvalue weighted by Gasteiger charge is -2.14. The second-order valence-corrected chi connectivity index (χ2v) is 4.53. The van der Waals surface area contributed by atoms with Crippen LogP contribution < -0.4 is 0 Å². The van der Waals surface area contributed by atoms with E-state index < -0.39 is 28.2 Å². The largest absolute Gasteiger partial charge is 0.355 e. The summed E-state index contributed by atoms with van der Waals surface area (Å²) in [5.74, 6) is -3.73. The second kappa shape index (κ2) is 5.53. The van der Waals surface area contributed by atoms with Crippen molar-refractivity contribution < 1.29 is 22.4 Å². The van der Waals surface area contributed by atoms with E-state index in [9.17, 15) is 22.4 Å². The van der Waals surface area contributed by atoms with Crippen molar-refractivity contribution >= 4 is 17.5 Å². The second-order valence-electron chi connectivity index (χ2n) is 3.32. The maximum Gasteiger partial charge on any atom is 0.355 e. The summed E-state index contributed by atoms with van der Waals surface area (Å²) in [6.45, 7) is 1.69. The fourth-order valence-electron chi connectivity index (χ4n) is 1.13. The molecule has 0 saturated carbocycles. The van der Waals surface area contributed by atoms with Crippen LogP contribution in [0.5, 0.6) is 0 Å². The third kappa shape index (κ3) is 3.46. The number of hydrogen-bond acceptors (Lipinski definition) is 2. The number of benzene rings is 1. The monoisotopic (exact) mass is 266 g/mol. The smallest absolute Gasteiger partial charge is 0.286 e. The van der Waals surface area contributed by atoms with Crippen LogP contribution in [0.3, 0.4) is 0 Å². The molecule has 0 aliphatic carbocycles. The first-order valence-electron chi connectivity index (χ1n) is 4.90. The molecule has 1 aromatic rings. The molecule has 0 aromatic heterocycles. The Kier molecular flexibility index (Phi) is 4.56. The zero-order chi connectivity index (χ0) is 13.1. The lowest BCUT2D eigenvalue weighted by atomic mass is 10.1. The van der Waals surface area contributed by atoms with Crippen molar-refractivity contribution in [1.82, 2.24) is 0 Å². The van der Waals surface area contributed by atoms with E-state index in [1.54, 1.807) is 6.92 Å². The van der Waals surface area contributed by atoms with Gasteiger partial charge in [-0.2, -0.15) is 8.78 Å². The van der Waals surface area contributed by atoms with Crippen molar-refractivity contribution in [2.45, 2.75) is 18.6 Å². The molecule has 1 aromatic carbocycles. The molecule has 1 nitrogen and oxygen atoms in total. The van der Waals surface area contributed by atoms with Gasteiger partial charge in [-0.15, -0.1) is 0 Å². The summed E-state index contributed by atoms with van der Waals surface area (Å²) in [7, 11) is 0. The molecule has 17 heavy (non-hydrogen) atoms. The minimum absolute atomic E-state index is 0.0849. The Morgan fingerprint density at radius 3 is 2.53 bits per heavy atom. The van der Waals surface area contributed by atoms with Crippen molar-refractivity contribution in [3.05, 3.63) is 35.4 Å². The molecule has 0 saturated heterocycles. The minimum Gasteiger partial charge on any atom is -0.286 e. The van der Waals surface area contributed by atoms with Crippen LogP contribution in [0.2, 0.25) is 0 Å². The van der Waals surface area contributed by atoms with Crippen LogP contribution in [0.4, 0.5) is 17.6 Å². The summed E-state index contributed by atoms with van der Waals surface area (Å²) in [4.78, 5) is 11.4.